The van der Waals surface area contributed by atoms with Gasteiger partial charge in [0.25, 0.3) is 0 Å². The quantitative estimate of drug-likeness (QED) is 0.193. The van der Waals surface area contributed by atoms with Crippen molar-refractivity contribution < 1.29 is 39.2 Å². The second-order valence-electron chi connectivity index (χ2n) is 7.03. The third kappa shape index (κ3) is 6.66. The van der Waals surface area contributed by atoms with E-state index < -0.39 is 40.7 Å². The lowest BCUT2D eigenvalue weighted by Gasteiger charge is -2.19. The van der Waals surface area contributed by atoms with Crippen LogP contribution in [0.2, 0.25) is 0 Å². The van der Waals surface area contributed by atoms with Crippen molar-refractivity contribution in [2.24, 2.45) is 0 Å². The van der Waals surface area contributed by atoms with E-state index >= 15 is 0 Å². The van der Waals surface area contributed by atoms with Crippen molar-refractivity contribution in [1.82, 2.24) is 0 Å². The molecule has 1 aromatic carbocycles. The van der Waals surface area contributed by atoms with E-state index in [1.807, 2.05) is 0 Å². The molecule has 8 nitrogen and oxygen atoms in total. The number of aryl methyl sites for hydroxylation is 1. The summed E-state index contributed by atoms with van der Waals surface area (Å²) in [5, 5.41) is 28.7. The van der Waals surface area contributed by atoms with Crippen molar-refractivity contribution in [3.63, 3.8) is 0 Å². The highest BCUT2D eigenvalue weighted by Crippen LogP contribution is 2.34. The highest BCUT2D eigenvalue weighted by Gasteiger charge is 2.29. The van der Waals surface area contributed by atoms with Crippen LogP contribution >= 0.6 is 9.24 Å². The van der Waals surface area contributed by atoms with Gasteiger partial charge in [0, 0.05) is 5.57 Å². The third-order valence-corrected chi connectivity index (χ3v) is 4.82. The van der Waals surface area contributed by atoms with Crippen molar-refractivity contribution in [1.29, 1.82) is 0 Å². The summed E-state index contributed by atoms with van der Waals surface area (Å²) in [6.45, 7) is 6.91. The van der Waals surface area contributed by atoms with Gasteiger partial charge in [-0.2, -0.15) is 0 Å². The molecule has 1 rings (SSSR count). The number of hydrogen-bond donors (Lipinski definition) is 3. The summed E-state index contributed by atoms with van der Waals surface area (Å²) in [5.41, 5.74) is -1.03. The second kappa shape index (κ2) is 11.5. The molecule has 3 N–H and O–H groups in total. The van der Waals surface area contributed by atoms with Gasteiger partial charge in [-0.05, 0) is 49.0 Å². The third-order valence-electron chi connectivity index (χ3n) is 4.48. The summed E-state index contributed by atoms with van der Waals surface area (Å²) < 4.78 is 5.00. The van der Waals surface area contributed by atoms with Gasteiger partial charge in [0.15, 0.2) is 0 Å². The summed E-state index contributed by atoms with van der Waals surface area (Å²) >= 11 is 0. The Kier molecular flexibility index (Phi) is 9.66. The summed E-state index contributed by atoms with van der Waals surface area (Å²) in [7, 11) is 2.33. The van der Waals surface area contributed by atoms with Crippen molar-refractivity contribution in [3.8, 4) is 0 Å². The number of unbranched alkanes of at least 4 members (excludes halogenated alkanes) is 3. The van der Waals surface area contributed by atoms with E-state index in [1.54, 1.807) is 13.8 Å². The van der Waals surface area contributed by atoms with Gasteiger partial charge < -0.3 is 20.1 Å². The fourth-order valence-corrected chi connectivity index (χ4v) is 3.46. The molecule has 0 aliphatic rings. The van der Waals surface area contributed by atoms with E-state index in [2.05, 4.69) is 15.8 Å². The largest absolute Gasteiger partial charge is 0.478 e. The number of carboxylic acids is 3. The number of hydrogen-bond acceptors (Lipinski definition) is 5. The van der Waals surface area contributed by atoms with Crippen LogP contribution in [0, 0.1) is 0 Å². The Morgan fingerprint density at radius 3 is 2.03 bits per heavy atom. The van der Waals surface area contributed by atoms with Crippen LogP contribution in [0.3, 0.4) is 0 Å². The number of ether oxygens (including phenoxy) is 1. The van der Waals surface area contributed by atoms with Crippen LogP contribution in [-0.2, 0) is 16.0 Å². The number of carbonyl (C=O) groups is 4. The zero-order chi connectivity index (χ0) is 23.0. The first kappa shape index (κ1) is 25.3. The zero-order valence-electron chi connectivity index (χ0n) is 17.1. The van der Waals surface area contributed by atoms with Gasteiger partial charge in [-0.1, -0.05) is 26.3 Å². The summed E-state index contributed by atoms with van der Waals surface area (Å²) in [5.74, 6) is -4.63. The molecule has 0 amide bonds. The van der Waals surface area contributed by atoms with Gasteiger partial charge in [-0.3, -0.25) is 0 Å². The van der Waals surface area contributed by atoms with Crippen LogP contribution < -0.4 is 0 Å². The molecule has 0 radical (unpaired) electrons. The van der Waals surface area contributed by atoms with Crippen molar-refractivity contribution in [3.05, 3.63) is 46.0 Å². The smallest absolute Gasteiger partial charge is 0.336 e. The molecule has 2 unspecified atom stereocenters. The molecule has 1 aromatic rings. The molecule has 0 spiro atoms. The minimum Gasteiger partial charge on any atom is -0.478 e. The monoisotopic (exact) mass is 438 g/mol. The van der Waals surface area contributed by atoms with Gasteiger partial charge >= 0.3 is 23.9 Å². The fourth-order valence-electron chi connectivity index (χ4n) is 3.12. The average Bonchev–Trinajstić information content (AvgIpc) is 2.64. The van der Waals surface area contributed by atoms with Crippen LogP contribution in [0.15, 0.2) is 18.2 Å². The maximum Gasteiger partial charge on any atom is 0.336 e. The van der Waals surface area contributed by atoms with Crippen LogP contribution in [0.4, 0.5) is 0 Å². The molecule has 30 heavy (non-hydrogen) atoms. The Morgan fingerprint density at radius 2 is 1.57 bits per heavy atom. The second-order valence-corrected chi connectivity index (χ2v) is 8.03. The molecule has 164 valence electrons. The Labute approximate surface area is 177 Å². The number of rotatable bonds is 12. The van der Waals surface area contributed by atoms with Gasteiger partial charge in [-0.15, -0.1) is 9.24 Å². The van der Waals surface area contributed by atoms with E-state index in [0.29, 0.717) is 30.4 Å². The molecule has 0 aromatic heterocycles. The van der Waals surface area contributed by atoms with E-state index in [0.717, 1.165) is 12.5 Å². The molecule has 0 aliphatic carbocycles. The lowest BCUT2D eigenvalue weighted by molar-refractivity contribution is -0.139. The zero-order valence-corrected chi connectivity index (χ0v) is 18.2. The van der Waals surface area contributed by atoms with Gasteiger partial charge in [-0.25, -0.2) is 19.2 Å². The van der Waals surface area contributed by atoms with Crippen LogP contribution in [0.5, 0.6) is 0 Å². The van der Waals surface area contributed by atoms with Gasteiger partial charge in [0.2, 0.25) is 0 Å². The van der Waals surface area contributed by atoms with Crippen LogP contribution in [0.1, 0.15) is 87.4 Å². The van der Waals surface area contributed by atoms with E-state index in [-0.39, 0.29) is 24.2 Å². The molecule has 0 bridgehead atoms. The molecule has 0 fully saturated rings. The van der Waals surface area contributed by atoms with E-state index in [9.17, 15) is 34.5 Å². The Hall–Kier alpha value is -2.73. The van der Waals surface area contributed by atoms with E-state index in [1.165, 1.54) is 0 Å². The SMILES string of the molecule is C=C(C)C(=O)OCCCCCCc1cc(C(=O)O)c(C(=O)O)c(C(C)P)c1C(=O)O. The maximum atomic E-state index is 11.9. The number of carbonyl (C=O) groups excluding carboxylic acids is 1. The normalized spacial score (nSPS) is 11.6. The maximum absolute atomic E-state index is 11.9. The highest BCUT2D eigenvalue weighted by molar-refractivity contribution is 7.17. The predicted octanol–water partition coefficient (Wildman–Crippen LogP) is 3.94. The topological polar surface area (TPSA) is 138 Å². The molecule has 2 atom stereocenters. The first-order valence-corrected chi connectivity index (χ1v) is 10.1. The number of benzene rings is 1. The van der Waals surface area contributed by atoms with Crippen molar-refractivity contribution in [2.75, 3.05) is 6.61 Å². The van der Waals surface area contributed by atoms with Crippen LogP contribution in [-0.4, -0.2) is 45.8 Å². The number of aromatic carboxylic acids is 3. The minimum atomic E-state index is -1.48. The molecule has 0 saturated carbocycles. The molecule has 0 aliphatic heterocycles. The summed E-state index contributed by atoms with van der Waals surface area (Å²) in [4.78, 5) is 46.5. The summed E-state index contributed by atoms with van der Waals surface area (Å²) in [6, 6.07) is 1.15. The first-order chi connectivity index (χ1) is 14.0. The fraction of sp³-hybridized carbons (Fsp3) is 0.429. The lowest BCUT2D eigenvalue weighted by atomic mass is 9.87. The first-order valence-electron chi connectivity index (χ1n) is 9.46. The average molecular weight is 438 g/mol. The van der Waals surface area contributed by atoms with Crippen LogP contribution in [0.25, 0.3) is 0 Å². The van der Waals surface area contributed by atoms with Gasteiger partial charge in [0.05, 0.1) is 23.3 Å². The number of esters is 1. The molecule has 9 heteroatoms. The van der Waals surface area contributed by atoms with Gasteiger partial charge in [0.1, 0.15) is 0 Å². The Bertz CT molecular complexity index is 857. The van der Waals surface area contributed by atoms with Crippen molar-refractivity contribution in [2.45, 2.75) is 51.6 Å². The lowest BCUT2D eigenvalue weighted by Crippen LogP contribution is -2.19. The Balaban J connectivity index is 3.00. The Morgan fingerprint density at radius 1 is 1.00 bits per heavy atom. The standard InChI is InChI=1S/C21H27O8P/c1-11(2)21(28)29-9-7-5-4-6-8-13-10-14(18(22)23)17(20(26)27)15(12(3)30)16(13)19(24)25/h10,12H,1,4-9,30H2,2-3H3,(H,22,23)(H,24,25)(H,26,27). The molecule has 0 heterocycles. The summed E-state index contributed by atoms with van der Waals surface area (Å²) in [6.07, 6.45) is 2.94. The highest BCUT2D eigenvalue weighted by atomic mass is 31.0. The number of carboxylic acid groups (broad SMARTS) is 3. The van der Waals surface area contributed by atoms with Crippen molar-refractivity contribution >= 4 is 33.1 Å². The molecular weight excluding hydrogens is 411 g/mol. The van der Waals surface area contributed by atoms with E-state index in [4.69, 9.17) is 4.74 Å². The molecular formula is C21H27O8P. The molecule has 0 saturated heterocycles. The minimum absolute atomic E-state index is 0.0124. The predicted molar refractivity (Wildman–Crippen MR) is 113 cm³/mol.